The van der Waals surface area contributed by atoms with Crippen molar-refractivity contribution in [3.05, 3.63) is 36.5 Å². The molecule has 0 aromatic heterocycles. The molecule has 0 aliphatic rings. The molecule has 52 heavy (non-hydrogen) atoms. The zero-order valence-electron chi connectivity index (χ0n) is 34.0. The second kappa shape index (κ2) is 35.0. The van der Waals surface area contributed by atoms with Crippen molar-refractivity contribution in [2.75, 3.05) is 47.5 Å². The van der Waals surface area contributed by atoms with Crippen LogP contribution in [-0.2, 0) is 32.7 Å². The highest BCUT2D eigenvalue weighted by atomic mass is 31.2. The first-order valence-corrected chi connectivity index (χ1v) is 22.2. The lowest BCUT2D eigenvalue weighted by atomic mass is 10.1. The summed E-state index contributed by atoms with van der Waals surface area (Å²) in [5.74, 6) is -0.826. The third kappa shape index (κ3) is 38.0. The first kappa shape index (κ1) is 50.2. The number of rotatable bonds is 37. The van der Waals surface area contributed by atoms with E-state index in [4.69, 9.17) is 18.5 Å². The first-order valence-electron chi connectivity index (χ1n) is 20.7. The van der Waals surface area contributed by atoms with E-state index in [1.165, 1.54) is 57.8 Å². The molecule has 304 valence electrons. The van der Waals surface area contributed by atoms with Crippen LogP contribution in [0.25, 0.3) is 0 Å². The zero-order valence-corrected chi connectivity index (χ0v) is 34.9. The van der Waals surface area contributed by atoms with Crippen LogP contribution >= 0.6 is 7.82 Å². The van der Waals surface area contributed by atoms with Crippen molar-refractivity contribution in [1.29, 1.82) is 0 Å². The van der Waals surface area contributed by atoms with Gasteiger partial charge < -0.3 is 18.9 Å². The molecule has 9 nitrogen and oxygen atoms in total. The van der Waals surface area contributed by atoms with E-state index in [2.05, 4.69) is 50.3 Å². The van der Waals surface area contributed by atoms with Crippen LogP contribution in [0.4, 0.5) is 0 Å². The fourth-order valence-corrected chi connectivity index (χ4v) is 6.07. The molecule has 0 amide bonds. The second-order valence-electron chi connectivity index (χ2n) is 15.0. The SMILES string of the molecule is CCCCC/C=C/C/C=C/CCCCCCCC(=O)O[C@H](COC(=O)CCCCCCC/C=C/CCCCCC)COP(=O)(O)OCC[N+](C)(C)C. The summed E-state index contributed by atoms with van der Waals surface area (Å²) < 4.78 is 34.2. The van der Waals surface area contributed by atoms with Gasteiger partial charge in [0.05, 0.1) is 27.7 Å². The molecule has 0 rings (SSSR count). The van der Waals surface area contributed by atoms with Gasteiger partial charge in [0, 0.05) is 12.8 Å². The molecule has 0 spiro atoms. The average Bonchev–Trinajstić information content (AvgIpc) is 3.09. The van der Waals surface area contributed by atoms with Crippen LogP contribution in [0.15, 0.2) is 36.5 Å². The number of carbonyl (C=O) groups is 2. The standard InChI is InChI=1S/C42H78NO8P/c1-6-8-10-12-14-16-18-20-21-23-25-27-29-31-33-35-42(45)51-40(39-50-52(46,47)49-37-36-43(3,4)5)38-48-41(44)34-32-30-28-26-24-22-19-17-15-13-11-9-7-2/h14,16-17,19-21,40H,6-13,15,18,22-39H2,1-5H3/p+1/b16-14+,19-17+,21-20+/t40-/m1/s1. The van der Waals surface area contributed by atoms with Gasteiger partial charge in [0.2, 0.25) is 0 Å². The number of allylic oxidation sites excluding steroid dienone is 6. The Kier molecular flexibility index (Phi) is 33.8. The van der Waals surface area contributed by atoms with Crippen molar-refractivity contribution in [3.63, 3.8) is 0 Å². The Morgan fingerprint density at radius 2 is 1.04 bits per heavy atom. The van der Waals surface area contributed by atoms with Crippen LogP contribution in [0.3, 0.4) is 0 Å². The highest BCUT2D eigenvalue weighted by molar-refractivity contribution is 7.47. The smallest absolute Gasteiger partial charge is 0.462 e. The Bertz CT molecular complexity index is 991. The summed E-state index contributed by atoms with van der Waals surface area (Å²) in [5.41, 5.74) is 0. The molecule has 0 fully saturated rings. The van der Waals surface area contributed by atoms with Gasteiger partial charge in [-0.1, -0.05) is 121 Å². The van der Waals surface area contributed by atoms with Gasteiger partial charge in [-0.3, -0.25) is 18.6 Å². The molecule has 1 N–H and O–H groups in total. The fraction of sp³-hybridized carbons (Fsp3) is 0.810. The number of hydrogen-bond donors (Lipinski definition) is 1. The molecule has 10 heteroatoms. The minimum absolute atomic E-state index is 0.0272. The predicted molar refractivity (Wildman–Crippen MR) is 215 cm³/mol. The number of phosphoric ester groups is 1. The number of phosphoric acid groups is 1. The summed E-state index contributed by atoms with van der Waals surface area (Å²) >= 11 is 0. The molecule has 0 heterocycles. The average molecular weight is 757 g/mol. The number of ether oxygens (including phenoxy) is 2. The molecule has 0 aliphatic carbocycles. The van der Waals surface area contributed by atoms with E-state index in [0.29, 0.717) is 17.4 Å². The Balaban J connectivity index is 4.44. The van der Waals surface area contributed by atoms with Gasteiger partial charge in [0.25, 0.3) is 0 Å². The van der Waals surface area contributed by atoms with Crippen LogP contribution < -0.4 is 0 Å². The van der Waals surface area contributed by atoms with E-state index in [1.54, 1.807) is 0 Å². The van der Waals surface area contributed by atoms with Crippen molar-refractivity contribution in [3.8, 4) is 0 Å². The number of quaternary nitrogens is 1. The lowest BCUT2D eigenvalue weighted by Crippen LogP contribution is -2.37. The number of nitrogens with zero attached hydrogens (tertiary/aromatic N) is 1. The van der Waals surface area contributed by atoms with Crippen molar-refractivity contribution >= 4 is 19.8 Å². The van der Waals surface area contributed by atoms with E-state index in [-0.39, 0.29) is 32.0 Å². The minimum atomic E-state index is -4.37. The third-order valence-corrected chi connectivity index (χ3v) is 9.63. The Labute approximate surface area is 319 Å². The maximum atomic E-state index is 12.6. The summed E-state index contributed by atoms with van der Waals surface area (Å²) in [7, 11) is 1.46. The fourth-order valence-electron chi connectivity index (χ4n) is 5.33. The number of esters is 2. The van der Waals surface area contributed by atoms with Gasteiger partial charge >= 0.3 is 19.8 Å². The van der Waals surface area contributed by atoms with Gasteiger partial charge in [-0.25, -0.2) is 4.57 Å². The van der Waals surface area contributed by atoms with Crippen LogP contribution in [-0.4, -0.2) is 74.9 Å². The summed E-state index contributed by atoms with van der Waals surface area (Å²) in [5, 5.41) is 0. The van der Waals surface area contributed by atoms with Crippen molar-refractivity contribution < 1.29 is 42.1 Å². The van der Waals surface area contributed by atoms with Crippen LogP contribution in [0.2, 0.25) is 0 Å². The van der Waals surface area contributed by atoms with Crippen LogP contribution in [0.1, 0.15) is 168 Å². The van der Waals surface area contributed by atoms with Crippen molar-refractivity contribution in [2.45, 2.75) is 174 Å². The van der Waals surface area contributed by atoms with Gasteiger partial charge in [0.15, 0.2) is 6.10 Å². The number of hydrogen-bond acceptors (Lipinski definition) is 7. The largest absolute Gasteiger partial charge is 0.472 e. The lowest BCUT2D eigenvalue weighted by molar-refractivity contribution is -0.870. The normalized spacial score (nSPS) is 14.0. The number of unbranched alkanes of at least 4 members (excludes halogenated alkanes) is 17. The molecule has 0 aromatic rings. The van der Waals surface area contributed by atoms with E-state index in [1.807, 2.05) is 21.1 Å². The molecule has 0 bridgehead atoms. The second-order valence-corrected chi connectivity index (χ2v) is 16.5. The van der Waals surface area contributed by atoms with E-state index in [0.717, 1.165) is 77.0 Å². The molecule has 0 aromatic carbocycles. The maximum absolute atomic E-state index is 12.6. The number of carbonyl (C=O) groups excluding carboxylic acids is 2. The summed E-state index contributed by atoms with van der Waals surface area (Å²) in [6, 6.07) is 0. The molecule has 0 aliphatic heterocycles. The van der Waals surface area contributed by atoms with E-state index < -0.39 is 26.5 Å². The molecular formula is C42H79NO8P+. The Morgan fingerprint density at radius 1 is 0.596 bits per heavy atom. The van der Waals surface area contributed by atoms with Gasteiger partial charge in [-0.15, -0.1) is 0 Å². The summed E-state index contributed by atoms with van der Waals surface area (Å²) in [6.07, 6.45) is 37.5. The molecule has 0 saturated heterocycles. The zero-order chi connectivity index (χ0) is 38.6. The van der Waals surface area contributed by atoms with Crippen molar-refractivity contribution in [2.24, 2.45) is 0 Å². The molecule has 0 saturated carbocycles. The molecule has 0 radical (unpaired) electrons. The maximum Gasteiger partial charge on any atom is 0.472 e. The highest BCUT2D eigenvalue weighted by Crippen LogP contribution is 2.43. The van der Waals surface area contributed by atoms with Crippen molar-refractivity contribution in [1.82, 2.24) is 0 Å². The quantitative estimate of drug-likeness (QED) is 0.0219. The van der Waals surface area contributed by atoms with Crippen LogP contribution in [0.5, 0.6) is 0 Å². The molecular weight excluding hydrogens is 677 g/mol. The molecule has 1 unspecified atom stereocenters. The van der Waals surface area contributed by atoms with Gasteiger partial charge in [-0.2, -0.15) is 0 Å². The molecule has 2 atom stereocenters. The topological polar surface area (TPSA) is 108 Å². The monoisotopic (exact) mass is 757 g/mol. The highest BCUT2D eigenvalue weighted by Gasteiger charge is 2.27. The summed E-state index contributed by atoms with van der Waals surface area (Å²) in [4.78, 5) is 35.3. The Morgan fingerprint density at radius 3 is 1.58 bits per heavy atom. The van der Waals surface area contributed by atoms with E-state index in [9.17, 15) is 19.0 Å². The lowest BCUT2D eigenvalue weighted by Gasteiger charge is -2.24. The predicted octanol–water partition coefficient (Wildman–Crippen LogP) is 11.4. The van der Waals surface area contributed by atoms with Gasteiger partial charge in [0.1, 0.15) is 19.8 Å². The van der Waals surface area contributed by atoms with E-state index >= 15 is 0 Å². The first-order chi connectivity index (χ1) is 25.0. The van der Waals surface area contributed by atoms with Crippen LogP contribution in [0, 0.1) is 0 Å². The minimum Gasteiger partial charge on any atom is -0.462 e. The van der Waals surface area contributed by atoms with Gasteiger partial charge in [-0.05, 0) is 70.6 Å². The number of likely N-dealkylation sites (N-methyl/N-ethyl adjacent to an activating group) is 1. The third-order valence-electron chi connectivity index (χ3n) is 8.64. The summed E-state index contributed by atoms with van der Waals surface area (Å²) in [6.45, 7) is 4.34. The Hall–Kier alpha value is -1.77.